The van der Waals surface area contributed by atoms with Crippen LogP contribution in [0.4, 0.5) is 5.69 Å². The minimum absolute atomic E-state index is 0.789. The summed E-state index contributed by atoms with van der Waals surface area (Å²) in [6, 6.07) is 10.3. The van der Waals surface area contributed by atoms with Crippen LogP contribution in [0.2, 0.25) is 0 Å². The van der Waals surface area contributed by atoms with Gasteiger partial charge in [0, 0.05) is 21.2 Å². The van der Waals surface area contributed by atoms with Gasteiger partial charge in [-0.25, -0.2) is 0 Å². The van der Waals surface area contributed by atoms with Crippen LogP contribution in [0, 0.1) is 13.8 Å². The molecule has 0 radical (unpaired) electrons. The monoisotopic (exact) mass is 368 g/mol. The summed E-state index contributed by atoms with van der Waals surface area (Å²) in [4.78, 5) is 4.44. The molecule has 0 unspecified atom stereocenters. The van der Waals surface area contributed by atoms with Crippen LogP contribution in [0.3, 0.4) is 0 Å². The van der Waals surface area contributed by atoms with Crippen LogP contribution < -0.4 is 5.32 Å². The summed E-state index contributed by atoms with van der Waals surface area (Å²) >= 11 is 6.98. The van der Waals surface area contributed by atoms with Crippen LogP contribution in [0.5, 0.6) is 0 Å². The van der Waals surface area contributed by atoms with Gasteiger partial charge in [0.05, 0.1) is 11.4 Å². The molecule has 2 rings (SSSR count). The van der Waals surface area contributed by atoms with Crippen molar-refractivity contribution in [3.8, 4) is 0 Å². The molecule has 94 valence electrons. The minimum atomic E-state index is 0.789. The van der Waals surface area contributed by atoms with Crippen LogP contribution in [0.15, 0.2) is 39.3 Å². The first-order valence-corrected chi connectivity index (χ1v) is 7.27. The molecule has 0 saturated heterocycles. The molecule has 0 spiro atoms. The van der Waals surface area contributed by atoms with E-state index in [-0.39, 0.29) is 0 Å². The van der Waals surface area contributed by atoms with Crippen molar-refractivity contribution in [3.63, 3.8) is 0 Å². The molecule has 0 aliphatic heterocycles. The van der Waals surface area contributed by atoms with Crippen LogP contribution in [0.1, 0.15) is 17.0 Å². The second kappa shape index (κ2) is 5.85. The summed E-state index contributed by atoms with van der Waals surface area (Å²) in [7, 11) is 0. The van der Waals surface area contributed by atoms with Gasteiger partial charge in [-0.1, -0.05) is 6.07 Å². The third-order valence-electron chi connectivity index (χ3n) is 2.69. The number of benzene rings is 1. The molecule has 18 heavy (non-hydrogen) atoms. The summed E-state index contributed by atoms with van der Waals surface area (Å²) in [5, 5.41) is 3.40. The topological polar surface area (TPSA) is 24.9 Å². The Morgan fingerprint density at radius 1 is 1.06 bits per heavy atom. The Bertz CT molecular complexity index is 568. The van der Waals surface area contributed by atoms with Gasteiger partial charge < -0.3 is 5.32 Å². The molecule has 0 saturated carbocycles. The van der Waals surface area contributed by atoms with Gasteiger partial charge >= 0.3 is 0 Å². The van der Waals surface area contributed by atoms with E-state index >= 15 is 0 Å². The van der Waals surface area contributed by atoms with Crippen molar-refractivity contribution in [3.05, 3.63) is 56.2 Å². The molecule has 1 heterocycles. The highest BCUT2D eigenvalue weighted by Gasteiger charge is 2.01. The maximum absolute atomic E-state index is 4.44. The molecule has 1 N–H and O–H groups in total. The predicted molar refractivity (Wildman–Crippen MR) is 82.9 cm³/mol. The summed E-state index contributed by atoms with van der Waals surface area (Å²) in [6.45, 7) is 4.81. The van der Waals surface area contributed by atoms with Crippen molar-refractivity contribution in [2.24, 2.45) is 0 Å². The third-order valence-corrected chi connectivity index (χ3v) is 4.57. The lowest BCUT2D eigenvalue weighted by Crippen LogP contribution is -2.02. The maximum Gasteiger partial charge on any atom is 0.0606 e. The molecule has 1 aromatic heterocycles. The van der Waals surface area contributed by atoms with Crippen molar-refractivity contribution in [2.45, 2.75) is 20.4 Å². The second-order valence-electron chi connectivity index (χ2n) is 4.19. The van der Waals surface area contributed by atoms with Gasteiger partial charge in [0.25, 0.3) is 0 Å². The van der Waals surface area contributed by atoms with Crippen molar-refractivity contribution in [1.82, 2.24) is 4.98 Å². The van der Waals surface area contributed by atoms with E-state index < -0.39 is 0 Å². The highest BCUT2D eigenvalue weighted by Crippen LogP contribution is 2.24. The van der Waals surface area contributed by atoms with Crippen molar-refractivity contribution < 1.29 is 0 Å². The molecule has 0 fully saturated rings. The molecule has 0 bridgehead atoms. The first-order chi connectivity index (χ1) is 8.56. The summed E-state index contributed by atoms with van der Waals surface area (Å²) in [5.41, 5.74) is 4.39. The zero-order valence-electron chi connectivity index (χ0n) is 10.3. The quantitative estimate of drug-likeness (QED) is 0.837. The first-order valence-electron chi connectivity index (χ1n) is 5.68. The van der Waals surface area contributed by atoms with Crippen molar-refractivity contribution in [1.29, 1.82) is 0 Å². The van der Waals surface area contributed by atoms with Gasteiger partial charge in [-0.3, -0.25) is 4.98 Å². The van der Waals surface area contributed by atoms with Crippen molar-refractivity contribution in [2.75, 3.05) is 5.32 Å². The lowest BCUT2D eigenvalue weighted by atomic mass is 10.2. The van der Waals surface area contributed by atoms with E-state index in [0.29, 0.717) is 0 Å². The third kappa shape index (κ3) is 3.33. The number of hydrogen-bond acceptors (Lipinski definition) is 2. The Balaban J connectivity index is 2.09. The Morgan fingerprint density at radius 2 is 1.83 bits per heavy atom. The molecular weight excluding hydrogens is 356 g/mol. The molecule has 2 aromatic rings. The van der Waals surface area contributed by atoms with Gasteiger partial charge in [-0.15, -0.1) is 0 Å². The molecule has 0 aliphatic carbocycles. The van der Waals surface area contributed by atoms with Gasteiger partial charge in [0.2, 0.25) is 0 Å². The lowest BCUT2D eigenvalue weighted by molar-refractivity contribution is 1.08. The van der Waals surface area contributed by atoms with E-state index in [1.54, 1.807) is 0 Å². The number of aromatic nitrogens is 1. The summed E-state index contributed by atoms with van der Waals surface area (Å²) in [5.74, 6) is 0. The number of halogens is 2. The molecule has 1 aromatic carbocycles. The first kappa shape index (κ1) is 13.6. The van der Waals surface area contributed by atoms with E-state index in [1.807, 2.05) is 26.0 Å². The fourth-order valence-corrected chi connectivity index (χ4v) is 2.39. The largest absolute Gasteiger partial charge is 0.380 e. The van der Waals surface area contributed by atoms with E-state index in [0.717, 1.165) is 32.6 Å². The highest BCUT2D eigenvalue weighted by molar-refractivity contribution is 9.13. The molecule has 2 nitrogen and oxygen atoms in total. The van der Waals surface area contributed by atoms with E-state index in [9.17, 15) is 0 Å². The fourth-order valence-electron chi connectivity index (χ4n) is 1.72. The zero-order valence-corrected chi connectivity index (χ0v) is 13.5. The zero-order chi connectivity index (χ0) is 13.1. The Hall–Kier alpha value is -0.870. The highest BCUT2D eigenvalue weighted by atomic mass is 79.9. The fraction of sp³-hybridized carbons (Fsp3) is 0.214. The van der Waals surface area contributed by atoms with Crippen LogP contribution in [0.25, 0.3) is 0 Å². The van der Waals surface area contributed by atoms with Crippen LogP contribution >= 0.6 is 31.9 Å². The smallest absolute Gasteiger partial charge is 0.0606 e. The number of nitrogens with one attached hydrogen (secondary N) is 1. The van der Waals surface area contributed by atoms with Crippen molar-refractivity contribution >= 4 is 37.5 Å². The molecular formula is C14H14Br2N2. The van der Waals surface area contributed by atoms with Gasteiger partial charge in [-0.05, 0) is 75.5 Å². The van der Waals surface area contributed by atoms with Crippen LogP contribution in [-0.2, 0) is 6.54 Å². The predicted octanol–water partition coefficient (Wildman–Crippen LogP) is 4.84. The van der Waals surface area contributed by atoms with Crippen LogP contribution in [-0.4, -0.2) is 4.98 Å². The summed E-state index contributed by atoms with van der Waals surface area (Å²) < 4.78 is 2.14. The lowest BCUT2D eigenvalue weighted by Gasteiger charge is -2.10. The number of nitrogens with zero attached hydrogens (tertiary/aromatic N) is 1. The molecule has 0 aliphatic rings. The minimum Gasteiger partial charge on any atom is -0.380 e. The van der Waals surface area contributed by atoms with Gasteiger partial charge in [-0.2, -0.15) is 0 Å². The Labute approximate surface area is 124 Å². The SMILES string of the molecule is Cc1ccc(NCc2ccc(Br)c(Br)c2)c(C)n1. The summed E-state index contributed by atoms with van der Waals surface area (Å²) in [6.07, 6.45) is 0. The second-order valence-corrected chi connectivity index (χ2v) is 5.90. The Kier molecular flexibility index (Phi) is 4.40. The average molecular weight is 370 g/mol. The number of pyridine rings is 1. The molecule has 4 heteroatoms. The number of rotatable bonds is 3. The number of hydrogen-bond donors (Lipinski definition) is 1. The normalized spacial score (nSPS) is 10.4. The Morgan fingerprint density at radius 3 is 2.50 bits per heavy atom. The average Bonchev–Trinajstić information content (AvgIpc) is 2.32. The maximum atomic E-state index is 4.44. The number of anilines is 1. The number of aryl methyl sites for hydroxylation is 2. The van der Waals surface area contributed by atoms with E-state index in [1.165, 1.54) is 5.56 Å². The van der Waals surface area contributed by atoms with Gasteiger partial charge in [0.15, 0.2) is 0 Å². The molecule has 0 amide bonds. The molecule has 0 atom stereocenters. The van der Waals surface area contributed by atoms with E-state index in [2.05, 4.69) is 60.4 Å². The standard InChI is InChI=1S/C14H14Br2N2/c1-9-3-6-14(10(2)18-9)17-8-11-4-5-12(15)13(16)7-11/h3-7,17H,8H2,1-2H3. The van der Waals surface area contributed by atoms with Gasteiger partial charge in [0.1, 0.15) is 0 Å². The van der Waals surface area contributed by atoms with E-state index in [4.69, 9.17) is 0 Å².